The highest BCUT2D eigenvalue weighted by Crippen LogP contribution is 2.08. The first kappa shape index (κ1) is 16.8. The number of rotatable bonds is 4. The van der Waals surface area contributed by atoms with E-state index in [1.807, 2.05) is 30.3 Å². The summed E-state index contributed by atoms with van der Waals surface area (Å²) >= 11 is 0. The van der Waals surface area contributed by atoms with Gasteiger partial charge in [0.15, 0.2) is 0 Å². The lowest BCUT2D eigenvalue weighted by Gasteiger charge is -2.32. The minimum Gasteiger partial charge on any atom is -0.445 e. The molecular formula is C15H23ClN2O2. The van der Waals surface area contributed by atoms with Crippen molar-refractivity contribution in [3.63, 3.8) is 0 Å². The number of amides is 1. The van der Waals surface area contributed by atoms with Crippen molar-refractivity contribution in [2.24, 2.45) is 0 Å². The lowest BCUT2D eigenvalue weighted by atomic mass is 10.1. The van der Waals surface area contributed by atoms with E-state index in [9.17, 15) is 4.79 Å². The van der Waals surface area contributed by atoms with Gasteiger partial charge in [0.1, 0.15) is 6.61 Å². The third-order valence-electron chi connectivity index (χ3n) is 3.36. The molecule has 1 aromatic carbocycles. The average molecular weight is 299 g/mol. The van der Waals surface area contributed by atoms with Gasteiger partial charge in [-0.15, -0.1) is 12.4 Å². The maximum absolute atomic E-state index is 12.0. The predicted molar refractivity (Wildman–Crippen MR) is 82.1 cm³/mol. The second-order valence-corrected chi connectivity index (χ2v) is 4.93. The Hall–Kier alpha value is -1.26. The Morgan fingerprint density at radius 2 is 2.15 bits per heavy atom. The number of carbonyl (C=O) groups is 1. The molecule has 1 saturated heterocycles. The molecule has 1 aliphatic heterocycles. The summed E-state index contributed by atoms with van der Waals surface area (Å²) in [6.07, 6.45) is 2.03. The van der Waals surface area contributed by atoms with Gasteiger partial charge in [0.05, 0.1) is 0 Å². The van der Waals surface area contributed by atoms with Gasteiger partial charge in [-0.2, -0.15) is 0 Å². The molecule has 1 amide bonds. The van der Waals surface area contributed by atoms with Gasteiger partial charge in [0.25, 0.3) is 0 Å². The van der Waals surface area contributed by atoms with E-state index in [4.69, 9.17) is 4.74 Å². The van der Waals surface area contributed by atoms with Crippen LogP contribution in [0.15, 0.2) is 30.3 Å². The fourth-order valence-corrected chi connectivity index (χ4v) is 2.34. The minimum atomic E-state index is -0.202. The number of ether oxygens (including phenoxy) is 1. The van der Waals surface area contributed by atoms with E-state index in [2.05, 4.69) is 12.2 Å². The number of piperazine rings is 1. The molecule has 0 radical (unpaired) electrons. The summed E-state index contributed by atoms with van der Waals surface area (Å²) in [7, 11) is 0. The topological polar surface area (TPSA) is 41.6 Å². The van der Waals surface area contributed by atoms with E-state index in [1.165, 1.54) is 0 Å². The van der Waals surface area contributed by atoms with Crippen LogP contribution in [0, 0.1) is 0 Å². The fraction of sp³-hybridized carbons (Fsp3) is 0.533. The summed E-state index contributed by atoms with van der Waals surface area (Å²) < 4.78 is 5.35. The molecule has 0 spiro atoms. The molecule has 0 aliphatic carbocycles. The van der Waals surface area contributed by atoms with Gasteiger partial charge in [-0.1, -0.05) is 43.7 Å². The summed E-state index contributed by atoms with van der Waals surface area (Å²) in [5.41, 5.74) is 1.02. The number of benzene rings is 1. The number of hydrogen-bond acceptors (Lipinski definition) is 3. The first-order valence-corrected chi connectivity index (χ1v) is 6.98. The molecule has 112 valence electrons. The van der Waals surface area contributed by atoms with E-state index < -0.39 is 0 Å². The van der Waals surface area contributed by atoms with E-state index >= 15 is 0 Å². The molecule has 1 unspecified atom stereocenters. The van der Waals surface area contributed by atoms with Gasteiger partial charge < -0.3 is 15.0 Å². The van der Waals surface area contributed by atoms with Crippen LogP contribution in [-0.2, 0) is 11.3 Å². The van der Waals surface area contributed by atoms with Crippen LogP contribution in [0.5, 0.6) is 0 Å². The average Bonchev–Trinajstić information content (AvgIpc) is 2.46. The number of nitrogens with zero attached hydrogens (tertiary/aromatic N) is 1. The van der Waals surface area contributed by atoms with Crippen molar-refractivity contribution >= 4 is 18.5 Å². The Kier molecular flexibility index (Phi) is 7.41. The fourth-order valence-electron chi connectivity index (χ4n) is 2.34. The third kappa shape index (κ3) is 5.02. The van der Waals surface area contributed by atoms with Crippen molar-refractivity contribution < 1.29 is 9.53 Å². The Labute approximate surface area is 126 Å². The highest BCUT2D eigenvalue weighted by atomic mass is 35.5. The van der Waals surface area contributed by atoms with Crippen LogP contribution in [0.4, 0.5) is 4.79 Å². The van der Waals surface area contributed by atoms with Gasteiger partial charge in [-0.25, -0.2) is 4.79 Å². The zero-order chi connectivity index (χ0) is 13.5. The maximum Gasteiger partial charge on any atom is 0.410 e. The van der Waals surface area contributed by atoms with Crippen molar-refractivity contribution in [2.45, 2.75) is 32.4 Å². The molecule has 1 atom stereocenters. The number of hydrogen-bond donors (Lipinski definition) is 1. The molecule has 0 saturated carbocycles. The van der Waals surface area contributed by atoms with Crippen LogP contribution in [0.2, 0.25) is 0 Å². The Balaban J connectivity index is 0.00000200. The first-order chi connectivity index (χ1) is 9.29. The molecule has 1 N–H and O–H groups in total. The smallest absolute Gasteiger partial charge is 0.410 e. The van der Waals surface area contributed by atoms with Crippen LogP contribution < -0.4 is 5.32 Å². The monoisotopic (exact) mass is 298 g/mol. The first-order valence-electron chi connectivity index (χ1n) is 6.98. The standard InChI is InChI=1S/C15H22N2O2.ClH/c1-2-6-14-11-17(10-9-16-14)15(18)19-12-13-7-4-3-5-8-13;/h3-5,7-8,14,16H,2,6,9-12H2,1H3;1H. The van der Waals surface area contributed by atoms with Crippen LogP contribution in [-0.4, -0.2) is 36.7 Å². The van der Waals surface area contributed by atoms with Crippen molar-refractivity contribution in [1.82, 2.24) is 10.2 Å². The second kappa shape index (κ2) is 8.82. The molecule has 0 aromatic heterocycles. The number of nitrogens with one attached hydrogen (secondary N) is 1. The highest BCUT2D eigenvalue weighted by molar-refractivity contribution is 5.85. The second-order valence-electron chi connectivity index (χ2n) is 4.93. The molecule has 20 heavy (non-hydrogen) atoms. The Morgan fingerprint density at radius 3 is 2.85 bits per heavy atom. The van der Waals surface area contributed by atoms with Gasteiger partial charge in [0.2, 0.25) is 0 Å². The van der Waals surface area contributed by atoms with E-state index in [-0.39, 0.29) is 18.5 Å². The Morgan fingerprint density at radius 1 is 1.40 bits per heavy atom. The molecule has 2 rings (SSSR count). The quantitative estimate of drug-likeness (QED) is 0.929. The van der Waals surface area contributed by atoms with Crippen molar-refractivity contribution in [3.8, 4) is 0 Å². The molecule has 1 fully saturated rings. The lowest BCUT2D eigenvalue weighted by Crippen LogP contribution is -2.52. The molecule has 5 heteroatoms. The summed E-state index contributed by atoms with van der Waals surface area (Å²) in [4.78, 5) is 13.8. The van der Waals surface area contributed by atoms with E-state index in [0.29, 0.717) is 12.6 Å². The lowest BCUT2D eigenvalue weighted by molar-refractivity contribution is 0.0842. The highest BCUT2D eigenvalue weighted by Gasteiger charge is 2.23. The van der Waals surface area contributed by atoms with E-state index in [1.54, 1.807) is 4.90 Å². The van der Waals surface area contributed by atoms with Crippen LogP contribution in [0.1, 0.15) is 25.3 Å². The van der Waals surface area contributed by atoms with Crippen molar-refractivity contribution in [2.75, 3.05) is 19.6 Å². The third-order valence-corrected chi connectivity index (χ3v) is 3.36. The van der Waals surface area contributed by atoms with Gasteiger partial charge in [0, 0.05) is 25.7 Å². The van der Waals surface area contributed by atoms with Crippen LogP contribution >= 0.6 is 12.4 Å². The summed E-state index contributed by atoms with van der Waals surface area (Å²) in [5.74, 6) is 0. The minimum absolute atomic E-state index is 0. The zero-order valence-corrected chi connectivity index (χ0v) is 12.7. The number of carbonyl (C=O) groups excluding carboxylic acids is 1. The zero-order valence-electron chi connectivity index (χ0n) is 11.9. The summed E-state index contributed by atoms with van der Waals surface area (Å²) in [5, 5.41) is 3.43. The van der Waals surface area contributed by atoms with Gasteiger partial charge >= 0.3 is 6.09 Å². The van der Waals surface area contributed by atoms with Crippen LogP contribution in [0.3, 0.4) is 0 Å². The summed E-state index contributed by atoms with van der Waals surface area (Å²) in [6.45, 7) is 4.84. The molecule has 1 aliphatic rings. The molecule has 1 aromatic rings. The van der Waals surface area contributed by atoms with Gasteiger partial charge in [-0.3, -0.25) is 0 Å². The SMILES string of the molecule is CCCC1CN(C(=O)OCc2ccccc2)CCN1.Cl. The Bertz CT molecular complexity index is 398. The number of halogens is 1. The molecule has 4 nitrogen and oxygen atoms in total. The normalized spacial score (nSPS) is 18.2. The molecule has 1 heterocycles. The molecule has 0 bridgehead atoms. The predicted octanol–water partition coefficient (Wildman–Crippen LogP) is 2.82. The van der Waals surface area contributed by atoms with E-state index in [0.717, 1.165) is 38.0 Å². The molecular weight excluding hydrogens is 276 g/mol. The van der Waals surface area contributed by atoms with Gasteiger partial charge in [-0.05, 0) is 12.0 Å². The maximum atomic E-state index is 12.0. The largest absolute Gasteiger partial charge is 0.445 e. The van der Waals surface area contributed by atoms with Crippen molar-refractivity contribution in [3.05, 3.63) is 35.9 Å². The van der Waals surface area contributed by atoms with Crippen molar-refractivity contribution in [1.29, 1.82) is 0 Å². The van der Waals surface area contributed by atoms with Crippen LogP contribution in [0.25, 0.3) is 0 Å². The summed E-state index contributed by atoms with van der Waals surface area (Å²) in [6, 6.07) is 10.2.